The van der Waals surface area contributed by atoms with Gasteiger partial charge in [0, 0.05) is 0 Å². The summed E-state index contributed by atoms with van der Waals surface area (Å²) in [5.41, 5.74) is 1.35. The first kappa shape index (κ1) is 14.7. The van der Waals surface area contributed by atoms with E-state index in [1.54, 1.807) is 17.4 Å². The maximum atomic E-state index is 5.58. The van der Waals surface area contributed by atoms with Crippen molar-refractivity contribution in [2.45, 2.75) is 12.8 Å². The fourth-order valence-electron chi connectivity index (χ4n) is 1.39. The van der Waals surface area contributed by atoms with Gasteiger partial charge in [0.25, 0.3) is 0 Å². The fourth-order valence-corrected chi connectivity index (χ4v) is 2.07. The van der Waals surface area contributed by atoms with Crippen LogP contribution in [0.3, 0.4) is 0 Å². The second kappa shape index (κ2) is 9.68. The van der Waals surface area contributed by atoms with Gasteiger partial charge in [0.05, 0.1) is 6.61 Å². The van der Waals surface area contributed by atoms with Crippen LogP contribution < -0.4 is 5.32 Å². The van der Waals surface area contributed by atoms with Crippen molar-refractivity contribution in [2.24, 2.45) is 0 Å². The highest BCUT2D eigenvalue weighted by Gasteiger charge is 1.91. The number of ether oxygens (including phenoxy) is 1. The SMILES string of the molecule is C=C/C(=C\C=C\Cc1ccsc1)OCCCNC. The number of allylic oxidation sites excluding steroid dienone is 4. The van der Waals surface area contributed by atoms with Crippen LogP contribution in [0.5, 0.6) is 0 Å². The Labute approximate surface area is 114 Å². The van der Waals surface area contributed by atoms with Crippen molar-refractivity contribution in [3.63, 3.8) is 0 Å². The van der Waals surface area contributed by atoms with E-state index in [0.717, 1.165) is 31.8 Å². The van der Waals surface area contributed by atoms with Gasteiger partial charge in [-0.15, -0.1) is 0 Å². The van der Waals surface area contributed by atoms with E-state index in [-0.39, 0.29) is 0 Å². The summed E-state index contributed by atoms with van der Waals surface area (Å²) in [6.45, 7) is 5.44. The summed E-state index contributed by atoms with van der Waals surface area (Å²) in [5, 5.41) is 7.35. The van der Waals surface area contributed by atoms with Crippen LogP contribution in [0.4, 0.5) is 0 Å². The quantitative estimate of drug-likeness (QED) is 0.418. The molecule has 3 heteroatoms. The molecule has 0 aliphatic heterocycles. The Kier molecular flexibility index (Phi) is 7.93. The zero-order valence-electron chi connectivity index (χ0n) is 10.9. The maximum Gasteiger partial charge on any atom is 0.118 e. The number of thiophene rings is 1. The minimum absolute atomic E-state index is 0.719. The maximum absolute atomic E-state index is 5.58. The topological polar surface area (TPSA) is 21.3 Å². The molecule has 1 heterocycles. The van der Waals surface area contributed by atoms with Gasteiger partial charge in [-0.1, -0.05) is 18.7 Å². The molecule has 18 heavy (non-hydrogen) atoms. The van der Waals surface area contributed by atoms with E-state index in [9.17, 15) is 0 Å². The third kappa shape index (κ3) is 6.42. The van der Waals surface area contributed by atoms with Crippen molar-refractivity contribution >= 4 is 11.3 Å². The van der Waals surface area contributed by atoms with Crippen molar-refractivity contribution in [3.05, 3.63) is 59.0 Å². The molecule has 0 aliphatic rings. The Bertz CT molecular complexity index is 379. The smallest absolute Gasteiger partial charge is 0.118 e. The van der Waals surface area contributed by atoms with Crippen molar-refractivity contribution in [3.8, 4) is 0 Å². The lowest BCUT2D eigenvalue weighted by atomic mass is 10.2. The van der Waals surface area contributed by atoms with Crippen LogP contribution in [0.15, 0.2) is 53.5 Å². The predicted molar refractivity (Wildman–Crippen MR) is 79.9 cm³/mol. The van der Waals surface area contributed by atoms with Gasteiger partial charge in [-0.3, -0.25) is 0 Å². The largest absolute Gasteiger partial charge is 0.494 e. The Morgan fingerprint density at radius 1 is 1.56 bits per heavy atom. The molecular weight excluding hydrogens is 242 g/mol. The Hall–Kier alpha value is -1.32. The highest BCUT2D eigenvalue weighted by atomic mass is 32.1. The van der Waals surface area contributed by atoms with Gasteiger partial charge in [0.2, 0.25) is 0 Å². The van der Waals surface area contributed by atoms with Gasteiger partial charge in [-0.25, -0.2) is 0 Å². The highest BCUT2D eigenvalue weighted by molar-refractivity contribution is 7.07. The standard InChI is InChI=1S/C15H21NOS/c1-3-15(17-11-6-10-16-2)8-5-4-7-14-9-12-18-13-14/h3-5,8-9,12-13,16H,1,6-7,10-11H2,2H3/b5-4+,15-8+. The molecule has 0 atom stereocenters. The number of hydrogen-bond acceptors (Lipinski definition) is 3. The zero-order valence-corrected chi connectivity index (χ0v) is 11.7. The number of rotatable bonds is 9. The van der Waals surface area contributed by atoms with E-state index in [0.29, 0.717) is 0 Å². The van der Waals surface area contributed by atoms with Crippen LogP contribution in [0.1, 0.15) is 12.0 Å². The first-order valence-electron chi connectivity index (χ1n) is 6.14. The molecule has 0 bridgehead atoms. The van der Waals surface area contributed by atoms with Crippen LogP contribution in [0, 0.1) is 0 Å². The van der Waals surface area contributed by atoms with Gasteiger partial charge in [0.15, 0.2) is 0 Å². The summed E-state index contributed by atoms with van der Waals surface area (Å²) in [6.07, 6.45) is 9.81. The minimum Gasteiger partial charge on any atom is -0.494 e. The van der Waals surface area contributed by atoms with Gasteiger partial charge in [0.1, 0.15) is 5.76 Å². The fraction of sp³-hybridized carbons (Fsp3) is 0.333. The van der Waals surface area contributed by atoms with Crippen molar-refractivity contribution in [1.82, 2.24) is 5.32 Å². The lowest BCUT2D eigenvalue weighted by Crippen LogP contribution is -2.10. The average molecular weight is 263 g/mol. The van der Waals surface area contributed by atoms with Crippen LogP contribution in [-0.4, -0.2) is 20.2 Å². The summed E-state index contributed by atoms with van der Waals surface area (Å²) >= 11 is 1.73. The third-order valence-electron chi connectivity index (χ3n) is 2.37. The third-order valence-corrected chi connectivity index (χ3v) is 3.10. The summed E-state index contributed by atoms with van der Waals surface area (Å²) < 4.78 is 5.58. The molecule has 0 aliphatic carbocycles. The van der Waals surface area contributed by atoms with Crippen molar-refractivity contribution in [1.29, 1.82) is 0 Å². The molecule has 0 spiro atoms. The molecule has 0 radical (unpaired) electrons. The monoisotopic (exact) mass is 263 g/mol. The summed E-state index contributed by atoms with van der Waals surface area (Å²) in [4.78, 5) is 0. The first-order chi connectivity index (χ1) is 8.86. The van der Waals surface area contributed by atoms with E-state index in [1.807, 2.05) is 19.2 Å². The zero-order chi connectivity index (χ0) is 13.1. The Morgan fingerprint density at radius 2 is 2.44 bits per heavy atom. The van der Waals surface area contributed by atoms with E-state index in [1.165, 1.54) is 5.56 Å². The molecule has 1 N–H and O–H groups in total. The van der Waals surface area contributed by atoms with Crippen LogP contribution in [0.25, 0.3) is 0 Å². The molecule has 0 amide bonds. The minimum atomic E-state index is 0.719. The van der Waals surface area contributed by atoms with Gasteiger partial charge >= 0.3 is 0 Å². The lowest BCUT2D eigenvalue weighted by Gasteiger charge is -2.05. The summed E-state index contributed by atoms with van der Waals surface area (Å²) in [5.74, 6) is 0.827. The molecule has 1 aromatic rings. The van der Waals surface area contributed by atoms with E-state index in [4.69, 9.17) is 4.74 Å². The van der Waals surface area contributed by atoms with Crippen LogP contribution in [-0.2, 0) is 11.2 Å². The molecule has 2 nitrogen and oxygen atoms in total. The van der Waals surface area contributed by atoms with Gasteiger partial charge in [-0.05, 0) is 61.0 Å². The Morgan fingerprint density at radius 3 is 3.11 bits per heavy atom. The molecule has 0 aromatic carbocycles. The molecular formula is C15H21NOS. The average Bonchev–Trinajstić information content (AvgIpc) is 2.90. The van der Waals surface area contributed by atoms with Gasteiger partial charge < -0.3 is 10.1 Å². The van der Waals surface area contributed by atoms with Crippen LogP contribution >= 0.6 is 11.3 Å². The Balaban J connectivity index is 2.28. The molecule has 0 fully saturated rings. The van der Waals surface area contributed by atoms with Gasteiger partial charge in [-0.2, -0.15) is 11.3 Å². The van der Waals surface area contributed by atoms with Crippen LogP contribution in [0.2, 0.25) is 0 Å². The van der Waals surface area contributed by atoms with E-state index in [2.05, 4.69) is 34.8 Å². The van der Waals surface area contributed by atoms with E-state index < -0.39 is 0 Å². The predicted octanol–water partition coefficient (Wildman–Crippen LogP) is 3.54. The lowest BCUT2D eigenvalue weighted by molar-refractivity contribution is 0.220. The molecule has 0 saturated heterocycles. The van der Waals surface area contributed by atoms with Crippen molar-refractivity contribution in [2.75, 3.05) is 20.2 Å². The summed E-state index contributed by atoms with van der Waals surface area (Å²) in [7, 11) is 1.94. The molecule has 1 rings (SSSR count). The summed E-state index contributed by atoms with van der Waals surface area (Å²) in [6, 6.07) is 2.14. The highest BCUT2D eigenvalue weighted by Crippen LogP contribution is 2.07. The normalized spacial score (nSPS) is 11.9. The second-order valence-electron chi connectivity index (χ2n) is 3.84. The molecule has 98 valence electrons. The second-order valence-corrected chi connectivity index (χ2v) is 4.62. The molecule has 1 aromatic heterocycles. The molecule has 0 unspecified atom stereocenters. The number of nitrogens with one attached hydrogen (secondary N) is 1. The van der Waals surface area contributed by atoms with Crippen molar-refractivity contribution < 1.29 is 4.74 Å². The number of hydrogen-bond donors (Lipinski definition) is 1. The first-order valence-corrected chi connectivity index (χ1v) is 7.09. The van der Waals surface area contributed by atoms with E-state index >= 15 is 0 Å². The molecule has 0 saturated carbocycles.